The van der Waals surface area contributed by atoms with Crippen molar-refractivity contribution in [2.45, 2.75) is 32.6 Å². The first kappa shape index (κ1) is 18.9. The van der Waals surface area contributed by atoms with E-state index in [-0.39, 0.29) is 12.3 Å². The molecule has 6 nitrogen and oxygen atoms in total. The van der Waals surface area contributed by atoms with Crippen LogP contribution in [0.1, 0.15) is 28.7 Å². The zero-order valence-corrected chi connectivity index (χ0v) is 16.7. The minimum absolute atomic E-state index is 0.245. The molecular formula is C23H24N4O2. The van der Waals surface area contributed by atoms with Gasteiger partial charge < -0.3 is 15.8 Å². The van der Waals surface area contributed by atoms with Crippen molar-refractivity contribution in [1.82, 2.24) is 10.2 Å². The van der Waals surface area contributed by atoms with Gasteiger partial charge in [0, 0.05) is 16.8 Å². The molecule has 1 aliphatic rings. The lowest BCUT2D eigenvalue weighted by molar-refractivity contribution is -0.117. The fraction of sp³-hybridized carbons (Fsp3) is 0.261. The van der Waals surface area contributed by atoms with Gasteiger partial charge in [0.2, 0.25) is 5.91 Å². The number of aromatic nitrogens is 2. The Morgan fingerprint density at radius 3 is 2.69 bits per heavy atom. The second-order valence-electron chi connectivity index (χ2n) is 7.32. The molecule has 0 spiro atoms. The first-order valence-electron chi connectivity index (χ1n) is 9.73. The van der Waals surface area contributed by atoms with Crippen molar-refractivity contribution in [1.29, 1.82) is 0 Å². The van der Waals surface area contributed by atoms with Crippen molar-refractivity contribution in [3.05, 3.63) is 64.7 Å². The van der Waals surface area contributed by atoms with Crippen LogP contribution in [0.3, 0.4) is 0 Å². The van der Waals surface area contributed by atoms with E-state index in [0.29, 0.717) is 0 Å². The normalized spacial score (nSPS) is 12.5. The predicted molar refractivity (Wildman–Crippen MR) is 113 cm³/mol. The molecule has 0 atom stereocenters. The molecule has 148 valence electrons. The molecule has 0 unspecified atom stereocenters. The largest absolute Gasteiger partial charge is 0.496 e. The topological polar surface area (TPSA) is 90.1 Å². The van der Waals surface area contributed by atoms with Crippen LogP contribution in [0.5, 0.6) is 5.75 Å². The summed E-state index contributed by atoms with van der Waals surface area (Å²) in [6.45, 7) is 1.98. The minimum Gasteiger partial charge on any atom is -0.496 e. The quantitative estimate of drug-likeness (QED) is 0.672. The number of fused-ring (bicyclic) bond motifs is 1. The molecule has 0 saturated carbocycles. The number of ether oxygens (including phenoxy) is 1. The molecule has 1 amide bonds. The first-order chi connectivity index (χ1) is 14.1. The predicted octanol–water partition coefficient (Wildman–Crippen LogP) is 3.72. The number of hydrogen-bond acceptors (Lipinski definition) is 5. The number of carbonyl (C=O) groups is 1. The van der Waals surface area contributed by atoms with E-state index in [4.69, 9.17) is 10.5 Å². The van der Waals surface area contributed by atoms with Crippen molar-refractivity contribution >= 4 is 17.4 Å². The van der Waals surface area contributed by atoms with E-state index >= 15 is 0 Å². The van der Waals surface area contributed by atoms with Gasteiger partial charge in [0.25, 0.3) is 0 Å². The maximum absolute atomic E-state index is 11.2. The van der Waals surface area contributed by atoms with Crippen molar-refractivity contribution in [2.75, 3.05) is 12.4 Å². The SMILES string of the molecule is COc1ccccc1-c1nnc(Nc2ccc(CC(N)=O)c(C)c2)c2c1CCC2. The zero-order chi connectivity index (χ0) is 20.4. The molecule has 4 rings (SSSR count). The van der Waals surface area contributed by atoms with Gasteiger partial charge >= 0.3 is 0 Å². The molecule has 2 aromatic carbocycles. The molecule has 0 saturated heterocycles. The van der Waals surface area contributed by atoms with E-state index in [1.165, 1.54) is 11.1 Å². The highest BCUT2D eigenvalue weighted by atomic mass is 16.5. The number of rotatable bonds is 6. The highest BCUT2D eigenvalue weighted by Crippen LogP contribution is 2.38. The number of amides is 1. The summed E-state index contributed by atoms with van der Waals surface area (Å²) in [5.41, 5.74) is 12.5. The maximum Gasteiger partial charge on any atom is 0.221 e. The fourth-order valence-electron chi connectivity index (χ4n) is 3.94. The van der Waals surface area contributed by atoms with Crippen LogP contribution < -0.4 is 15.8 Å². The van der Waals surface area contributed by atoms with Gasteiger partial charge in [-0.3, -0.25) is 4.79 Å². The average Bonchev–Trinajstić information content (AvgIpc) is 3.20. The van der Waals surface area contributed by atoms with Crippen LogP contribution in [-0.4, -0.2) is 23.2 Å². The fourth-order valence-corrected chi connectivity index (χ4v) is 3.94. The molecule has 0 fully saturated rings. The lowest BCUT2D eigenvalue weighted by atomic mass is 10.0. The number of nitrogens with two attached hydrogens (primary N) is 1. The summed E-state index contributed by atoms with van der Waals surface area (Å²) in [5, 5.41) is 12.5. The van der Waals surface area contributed by atoms with Gasteiger partial charge in [-0.05, 0) is 67.1 Å². The highest BCUT2D eigenvalue weighted by molar-refractivity contribution is 5.78. The third kappa shape index (κ3) is 3.78. The standard InChI is InChI=1S/C23H24N4O2/c1-14-12-16(11-10-15(14)13-21(24)28)25-23-18-8-5-7-17(18)22(26-27-23)19-6-3-4-9-20(19)29-2/h3-4,6,9-12H,5,7-8,13H2,1-2H3,(H2,24,28)(H,25,27). The smallest absolute Gasteiger partial charge is 0.221 e. The number of aryl methyl sites for hydroxylation is 1. The summed E-state index contributed by atoms with van der Waals surface area (Å²) in [6, 6.07) is 13.8. The summed E-state index contributed by atoms with van der Waals surface area (Å²) in [7, 11) is 1.67. The van der Waals surface area contributed by atoms with Gasteiger partial charge in [-0.2, -0.15) is 0 Å². The second-order valence-corrected chi connectivity index (χ2v) is 7.32. The first-order valence-corrected chi connectivity index (χ1v) is 9.73. The Bertz CT molecular complexity index is 1080. The molecule has 1 aromatic heterocycles. The van der Waals surface area contributed by atoms with Gasteiger partial charge in [0.1, 0.15) is 11.4 Å². The summed E-state index contributed by atoms with van der Waals surface area (Å²) >= 11 is 0. The molecule has 1 heterocycles. The van der Waals surface area contributed by atoms with Crippen LogP contribution in [0.15, 0.2) is 42.5 Å². The molecule has 1 aliphatic carbocycles. The van der Waals surface area contributed by atoms with Crippen LogP contribution in [0.25, 0.3) is 11.3 Å². The Hall–Kier alpha value is -3.41. The molecular weight excluding hydrogens is 364 g/mol. The van der Waals surface area contributed by atoms with Crippen molar-refractivity contribution < 1.29 is 9.53 Å². The molecule has 3 N–H and O–H groups in total. The summed E-state index contributed by atoms with van der Waals surface area (Å²) < 4.78 is 5.52. The Balaban J connectivity index is 1.68. The van der Waals surface area contributed by atoms with Gasteiger partial charge in [-0.15, -0.1) is 10.2 Å². The number of para-hydroxylation sites is 1. The number of nitrogens with one attached hydrogen (secondary N) is 1. The van der Waals surface area contributed by atoms with E-state index in [1.807, 2.05) is 49.4 Å². The van der Waals surface area contributed by atoms with Crippen LogP contribution in [-0.2, 0) is 24.1 Å². The van der Waals surface area contributed by atoms with E-state index in [9.17, 15) is 4.79 Å². The summed E-state index contributed by atoms with van der Waals surface area (Å²) in [5.74, 6) is 1.26. The molecule has 0 radical (unpaired) electrons. The van der Waals surface area contributed by atoms with Crippen molar-refractivity contribution in [2.24, 2.45) is 5.73 Å². The number of anilines is 2. The Morgan fingerprint density at radius 1 is 1.14 bits per heavy atom. The van der Waals surface area contributed by atoms with Crippen LogP contribution in [0.4, 0.5) is 11.5 Å². The van der Waals surface area contributed by atoms with Crippen LogP contribution in [0.2, 0.25) is 0 Å². The van der Waals surface area contributed by atoms with Crippen molar-refractivity contribution in [3.8, 4) is 17.0 Å². The van der Waals surface area contributed by atoms with Gasteiger partial charge in [-0.25, -0.2) is 0 Å². The van der Waals surface area contributed by atoms with Crippen LogP contribution >= 0.6 is 0 Å². The number of primary amides is 1. The zero-order valence-electron chi connectivity index (χ0n) is 16.7. The number of benzene rings is 2. The van der Waals surface area contributed by atoms with E-state index in [0.717, 1.165) is 58.9 Å². The van der Waals surface area contributed by atoms with Gasteiger partial charge in [0.15, 0.2) is 5.82 Å². The number of hydrogen-bond donors (Lipinski definition) is 2. The van der Waals surface area contributed by atoms with E-state index in [2.05, 4.69) is 15.5 Å². The minimum atomic E-state index is -0.329. The third-order valence-corrected chi connectivity index (χ3v) is 5.37. The monoisotopic (exact) mass is 388 g/mol. The lowest BCUT2D eigenvalue weighted by Gasteiger charge is -2.15. The molecule has 3 aromatic rings. The average molecular weight is 388 g/mol. The summed E-state index contributed by atoms with van der Waals surface area (Å²) in [4.78, 5) is 11.2. The maximum atomic E-state index is 11.2. The van der Waals surface area contributed by atoms with Crippen LogP contribution in [0, 0.1) is 6.92 Å². The Labute approximate surface area is 170 Å². The Morgan fingerprint density at radius 2 is 1.93 bits per heavy atom. The molecule has 0 bridgehead atoms. The number of nitrogens with zero attached hydrogens (tertiary/aromatic N) is 2. The third-order valence-electron chi connectivity index (χ3n) is 5.37. The molecule has 6 heteroatoms. The second kappa shape index (κ2) is 7.91. The van der Waals surface area contributed by atoms with Gasteiger partial charge in [0.05, 0.1) is 13.5 Å². The number of methoxy groups -OCH3 is 1. The summed E-state index contributed by atoms with van der Waals surface area (Å²) in [6.07, 6.45) is 3.27. The highest BCUT2D eigenvalue weighted by Gasteiger charge is 2.23. The van der Waals surface area contributed by atoms with Crippen molar-refractivity contribution in [3.63, 3.8) is 0 Å². The molecule has 29 heavy (non-hydrogen) atoms. The van der Waals surface area contributed by atoms with E-state index < -0.39 is 0 Å². The Kier molecular flexibility index (Phi) is 5.16. The van der Waals surface area contributed by atoms with Gasteiger partial charge in [-0.1, -0.05) is 18.2 Å². The molecule has 0 aliphatic heterocycles. The van der Waals surface area contributed by atoms with E-state index in [1.54, 1.807) is 7.11 Å². The lowest BCUT2D eigenvalue weighted by Crippen LogP contribution is -2.14. The number of carbonyl (C=O) groups excluding carboxylic acids is 1.